The molecule has 0 radical (unpaired) electrons. The van der Waals surface area contributed by atoms with Crippen molar-refractivity contribution in [1.82, 2.24) is 5.32 Å². The number of nitrogens with one attached hydrogen (secondary N) is 1. The van der Waals surface area contributed by atoms with Gasteiger partial charge in [-0.1, -0.05) is 237 Å². The van der Waals surface area contributed by atoms with Crippen LogP contribution in [-0.2, 0) is 14.3 Å². The van der Waals surface area contributed by atoms with Crippen molar-refractivity contribution < 1.29 is 39.8 Å². The van der Waals surface area contributed by atoms with Gasteiger partial charge >= 0.3 is 0 Å². The van der Waals surface area contributed by atoms with Gasteiger partial charge in [0.15, 0.2) is 6.29 Å². The molecule has 6 N–H and O–H groups in total. The first-order valence-electron chi connectivity index (χ1n) is 26.6. The third kappa shape index (κ3) is 33.2. The maximum absolute atomic E-state index is 12.9. The lowest BCUT2D eigenvalue weighted by Crippen LogP contribution is -2.60. The number of amides is 1. The van der Waals surface area contributed by atoms with E-state index in [-0.39, 0.29) is 12.5 Å². The van der Waals surface area contributed by atoms with Gasteiger partial charge in [0.05, 0.1) is 25.4 Å². The third-order valence-corrected chi connectivity index (χ3v) is 12.8. The topological polar surface area (TPSA) is 149 Å². The van der Waals surface area contributed by atoms with Gasteiger partial charge < -0.3 is 40.3 Å². The number of aliphatic hydroxyl groups is 5. The van der Waals surface area contributed by atoms with E-state index in [1.165, 1.54) is 193 Å². The van der Waals surface area contributed by atoms with Gasteiger partial charge in [0.2, 0.25) is 5.91 Å². The number of carbonyl (C=O) groups excluding carboxylic acids is 1. The maximum Gasteiger partial charge on any atom is 0.220 e. The average Bonchev–Trinajstić information content (AvgIpc) is 3.27. The highest BCUT2D eigenvalue weighted by molar-refractivity contribution is 5.76. The molecular weight excluding hydrogens is 779 g/mol. The second-order valence-corrected chi connectivity index (χ2v) is 18.7. The van der Waals surface area contributed by atoms with E-state index < -0.39 is 49.5 Å². The lowest BCUT2D eigenvalue weighted by Gasteiger charge is -2.40. The first kappa shape index (κ1) is 58.7. The van der Waals surface area contributed by atoms with E-state index in [4.69, 9.17) is 9.47 Å². The normalized spacial score (nSPS) is 20.4. The largest absolute Gasteiger partial charge is 0.394 e. The predicted octanol–water partition coefficient (Wildman–Crippen LogP) is 12.2. The number of rotatable bonds is 45. The molecule has 1 rings (SSSR count). The van der Waals surface area contributed by atoms with Gasteiger partial charge in [0, 0.05) is 6.42 Å². The van der Waals surface area contributed by atoms with Crippen molar-refractivity contribution in [3.63, 3.8) is 0 Å². The number of unbranched alkanes of at least 4 members (excludes halogenated alkanes) is 33. The van der Waals surface area contributed by atoms with Gasteiger partial charge in [-0.05, 0) is 32.1 Å². The number of aliphatic hydroxyl groups excluding tert-OH is 5. The summed E-state index contributed by atoms with van der Waals surface area (Å²) in [5, 5.41) is 54.2. The van der Waals surface area contributed by atoms with Crippen LogP contribution < -0.4 is 5.32 Å². The Labute approximate surface area is 381 Å². The number of hydrogen-bond acceptors (Lipinski definition) is 8. The molecule has 0 aliphatic carbocycles. The summed E-state index contributed by atoms with van der Waals surface area (Å²) in [6.07, 6.45) is 46.9. The summed E-state index contributed by atoms with van der Waals surface area (Å²) in [5.74, 6) is -0.187. The fraction of sp³-hybridized carbons (Fsp3) is 0.906. The summed E-state index contributed by atoms with van der Waals surface area (Å²) in [7, 11) is 0. The van der Waals surface area contributed by atoms with Crippen LogP contribution in [0.3, 0.4) is 0 Å². The molecule has 1 heterocycles. The molecule has 0 aromatic carbocycles. The molecule has 0 aromatic heterocycles. The van der Waals surface area contributed by atoms with E-state index in [0.29, 0.717) is 6.42 Å². The molecule has 9 heteroatoms. The third-order valence-electron chi connectivity index (χ3n) is 12.8. The van der Waals surface area contributed by atoms with Gasteiger partial charge in [0.1, 0.15) is 24.4 Å². The van der Waals surface area contributed by atoms with Crippen LogP contribution in [0.15, 0.2) is 24.3 Å². The summed E-state index contributed by atoms with van der Waals surface area (Å²) < 4.78 is 11.2. The number of carbonyl (C=O) groups is 1. The SMILES string of the molecule is CCCCCCCCCCCCCCCCCCCCCCCCC/C=C/CC/C=C/C(O)C(COC1OC(CO)C(O)C(O)C1O)NC(=O)CCCCCCCCCCCC. The molecule has 0 bridgehead atoms. The second kappa shape index (κ2) is 43.6. The van der Waals surface area contributed by atoms with Crippen molar-refractivity contribution >= 4 is 5.91 Å². The van der Waals surface area contributed by atoms with Gasteiger partial charge in [-0.3, -0.25) is 4.79 Å². The van der Waals surface area contributed by atoms with Crippen molar-refractivity contribution in [1.29, 1.82) is 0 Å². The van der Waals surface area contributed by atoms with E-state index in [0.717, 1.165) is 38.5 Å². The van der Waals surface area contributed by atoms with E-state index in [9.17, 15) is 30.3 Å². The van der Waals surface area contributed by atoms with Crippen LogP contribution in [0.5, 0.6) is 0 Å². The van der Waals surface area contributed by atoms with Crippen LogP contribution in [-0.4, -0.2) is 87.5 Å². The molecule has 7 atom stereocenters. The minimum absolute atomic E-state index is 0.187. The number of ether oxygens (including phenoxy) is 2. The summed E-state index contributed by atoms with van der Waals surface area (Å²) >= 11 is 0. The zero-order valence-corrected chi connectivity index (χ0v) is 40.4. The van der Waals surface area contributed by atoms with E-state index >= 15 is 0 Å². The Hall–Kier alpha value is -1.33. The predicted molar refractivity (Wildman–Crippen MR) is 258 cm³/mol. The molecule has 1 saturated heterocycles. The van der Waals surface area contributed by atoms with Crippen LogP contribution in [0.1, 0.15) is 251 Å². The molecule has 0 spiro atoms. The van der Waals surface area contributed by atoms with E-state index in [1.54, 1.807) is 6.08 Å². The fourth-order valence-corrected chi connectivity index (χ4v) is 8.53. The number of allylic oxidation sites excluding steroid dienone is 3. The molecule has 1 aliphatic rings. The van der Waals surface area contributed by atoms with Crippen LogP contribution in [0, 0.1) is 0 Å². The highest BCUT2D eigenvalue weighted by Gasteiger charge is 2.44. The summed E-state index contributed by atoms with van der Waals surface area (Å²) in [6, 6.07) is -0.816. The average molecular weight is 880 g/mol. The van der Waals surface area contributed by atoms with E-state index in [1.807, 2.05) is 6.08 Å². The van der Waals surface area contributed by atoms with Gasteiger partial charge in [-0.25, -0.2) is 0 Å². The Morgan fingerprint density at radius 3 is 1.35 bits per heavy atom. The highest BCUT2D eigenvalue weighted by atomic mass is 16.7. The van der Waals surface area contributed by atoms with Crippen molar-refractivity contribution in [3.8, 4) is 0 Å². The van der Waals surface area contributed by atoms with Crippen molar-refractivity contribution in [3.05, 3.63) is 24.3 Å². The Morgan fingerprint density at radius 1 is 0.532 bits per heavy atom. The molecule has 1 aliphatic heterocycles. The number of hydrogen-bond donors (Lipinski definition) is 6. The first-order chi connectivity index (χ1) is 30.3. The molecule has 7 unspecified atom stereocenters. The Morgan fingerprint density at radius 2 is 0.919 bits per heavy atom. The minimum atomic E-state index is -1.57. The van der Waals surface area contributed by atoms with Crippen molar-refractivity contribution in [2.75, 3.05) is 13.2 Å². The molecule has 9 nitrogen and oxygen atoms in total. The molecule has 1 amide bonds. The van der Waals surface area contributed by atoms with Crippen LogP contribution in [0.2, 0.25) is 0 Å². The molecule has 62 heavy (non-hydrogen) atoms. The highest BCUT2D eigenvalue weighted by Crippen LogP contribution is 2.23. The Kier molecular flexibility index (Phi) is 41.2. The zero-order chi connectivity index (χ0) is 45.1. The quantitative estimate of drug-likeness (QED) is 0.0262. The zero-order valence-electron chi connectivity index (χ0n) is 40.4. The lowest BCUT2D eigenvalue weighted by molar-refractivity contribution is -0.302. The smallest absolute Gasteiger partial charge is 0.220 e. The van der Waals surface area contributed by atoms with Gasteiger partial charge in [-0.2, -0.15) is 0 Å². The van der Waals surface area contributed by atoms with Gasteiger partial charge in [0.25, 0.3) is 0 Å². The van der Waals surface area contributed by atoms with Gasteiger partial charge in [-0.15, -0.1) is 0 Å². The summed E-state index contributed by atoms with van der Waals surface area (Å²) in [5.41, 5.74) is 0. The van der Waals surface area contributed by atoms with E-state index in [2.05, 4.69) is 31.3 Å². The second-order valence-electron chi connectivity index (χ2n) is 18.7. The fourth-order valence-electron chi connectivity index (χ4n) is 8.53. The molecular formula is C53H101NO8. The maximum atomic E-state index is 12.9. The molecule has 0 saturated carbocycles. The summed E-state index contributed by atoms with van der Waals surface area (Å²) in [6.45, 7) is 3.76. The Bertz CT molecular complexity index is 1020. The van der Waals surface area contributed by atoms with Crippen LogP contribution in [0.4, 0.5) is 0 Å². The molecule has 0 aromatic rings. The van der Waals surface area contributed by atoms with Crippen LogP contribution in [0.25, 0.3) is 0 Å². The van der Waals surface area contributed by atoms with Crippen molar-refractivity contribution in [2.45, 2.75) is 294 Å². The molecule has 1 fully saturated rings. The van der Waals surface area contributed by atoms with Crippen molar-refractivity contribution in [2.24, 2.45) is 0 Å². The minimum Gasteiger partial charge on any atom is -0.394 e. The monoisotopic (exact) mass is 880 g/mol. The Balaban J connectivity index is 2.19. The molecule has 366 valence electrons. The lowest BCUT2D eigenvalue weighted by atomic mass is 9.99. The summed E-state index contributed by atoms with van der Waals surface area (Å²) in [4.78, 5) is 12.9. The van der Waals surface area contributed by atoms with Crippen LogP contribution >= 0.6 is 0 Å². The standard InChI is InChI=1S/C53H101NO8/c1-3-5-7-9-11-13-15-16-17-18-19-20-21-22-23-24-25-26-27-28-29-30-31-32-33-34-36-38-40-42-47(56)46(45-61-53-52(60)51(59)50(58)48(44-55)62-53)54-49(57)43-41-39-37-35-14-12-10-8-6-4-2/h33-34,40,42,46-48,50-53,55-56,58-60H,3-32,35-39,41,43-45H2,1-2H3,(H,54,57)/b34-33+,42-40+. The first-order valence-corrected chi connectivity index (χ1v) is 26.6.